The molecule has 0 saturated heterocycles. The van der Waals surface area contributed by atoms with Gasteiger partial charge in [-0.05, 0) is 36.1 Å². The Kier molecular flexibility index (Phi) is 2.21. The van der Waals surface area contributed by atoms with E-state index in [1.54, 1.807) is 12.1 Å². The molecular formula is C11H15NO2. The number of benzene rings is 1. The number of aliphatic hydroxyl groups is 1. The van der Waals surface area contributed by atoms with Crippen molar-refractivity contribution in [2.45, 2.75) is 24.9 Å². The zero-order valence-corrected chi connectivity index (χ0v) is 8.03. The maximum Gasteiger partial charge on any atom is 0.115 e. The molecule has 0 bridgehead atoms. The molecule has 0 saturated carbocycles. The molecule has 1 aliphatic carbocycles. The number of phenols is 1. The lowest BCUT2D eigenvalue weighted by Gasteiger charge is -2.32. The van der Waals surface area contributed by atoms with Gasteiger partial charge in [0.15, 0.2) is 0 Å². The highest BCUT2D eigenvalue weighted by Crippen LogP contribution is 2.30. The van der Waals surface area contributed by atoms with E-state index in [0.29, 0.717) is 12.8 Å². The van der Waals surface area contributed by atoms with Crippen molar-refractivity contribution in [2.75, 3.05) is 6.54 Å². The van der Waals surface area contributed by atoms with Gasteiger partial charge in [0.1, 0.15) is 5.75 Å². The molecule has 0 heterocycles. The molecule has 3 nitrogen and oxygen atoms in total. The minimum absolute atomic E-state index is 0.255. The summed E-state index contributed by atoms with van der Waals surface area (Å²) in [5, 5.41) is 19.3. The number of phenolic OH excluding ortho intramolecular Hbond substituents is 1. The summed E-state index contributed by atoms with van der Waals surface area (Å²) >= 11 is 0. The van der Waals surface area contributed by atoms with Crippen molar-refractivity contribution in [2.24, 2.45) is 5.73 Å². The maximum absolute atomic E-state index is 10.0. The fourth-order valence-corrected chi connectivity index (χ4v) is 2.01. The molecule has 3 heteroatoms. The van der Waals surface area contributed by atoms with Gasteiger partial charge in [-0.3, -0.25) is 0 Å². The second-order valence-electron chi connectivity index (χ2n) is 4.06. The number of hydrogen-bond donors (Lipinski definition) is 3. The van der Waals surface area contributed by atoms with Crippen LogP contribution in [0, 0.1) is 0 Å². The van der Waals surface area contributed by atoms with Gasteiger partial charge in [-0.1, -0.05) is 6.07 Å². The Hall–Kier alpha value is -1.06. The highest BCUT2D eigenvalue weighted by Gasteiger charge is 2.30. The van der Waals surface area contributed by atoms with E-state index in [0.717, 1.165) is 12.0 Å². The third-order valence-corrected chi connectivity index (χ3v) is 2.95. The van der Waals surface area contributed by atoms with Gasteiger partial charge >= 0.3 is 0 Å². The van der Waals surface area contributed by atoms with E-state index in [1.165, 1.54) is 5.56 Å². The smallest absolute Gasteiger partial charge is 0.115 e. The Morgan fingerprint density at radius 1 is 1.36 bits per heavy atom. The Labute approximate surface area is 83.2 Å². The number of fused-ring (bicyclic) bond motifs is 1. The van der Waals surface area contributed by atoms with Crippen molar-refractivity contribution in [1.82, 2.24) is 0 Å². The van der Waals surface area contributed by atoms with Gasteiger partial charge in [0.25, 0.3) is 0 Å². The Morgan fingerprint density at radius 3 is 2.86 bits per heavy atom. The van der Waals surface area contributed by atoms with Crippen LogP contribution in [0.25, 0.3) is 0 Å². The van der Waals surface area contributed by atoms with Gasteiger partial charge in [0.2, 0.25) is 0 Å². The van der Waals surface area contributed by atoms with Gasteiger partial charge in [-0.2, -0.15) is 0 Å². The van der Waals surface area contributed by atoms with Crippen LogP contribution in [0.1, 0.15) is 17.5 Å². The summed E-state index contributed by atoms with van der Waals surface area (Å²) in [6.07, 6.45) is 2.10. The van der Waals surface area contributed by atoms with Gasteiger partial charge in [0.05, 0.1) is 5.60 Å². The molecule has 1 unspecified atom stereocenters. The van der Waals surface area contributed by atoms with Crippen molar-refractivity contribution in [1.29, 1.82) is 0 Å². The first kappa shape index (κ1) is 9.49. The average Bonchev–Trinajstić information content (AvgIpc) is 2.17. The summed E-state index contributed by atoms with van der Waals surface area (Å²) in [6.45, 7) is 0.280. The van der Waals surface area contributed by atoms with Gasteiger partial charge in [0, 0.05) is 13.0 Å². The van der Waals surface area contributed by atoms with Crippen LogP contribution in [-0.4, -0.2) is 22.4 Å². The zero-order valence-electron chi connectivity index (χ0n) is 8.03. The largest absolute Gasteiger partial charge is 0.508 e. The summed E-state index contributed by atoms with van der Waals surface area (Å²) < 4.78 is 0. The van der Waals surface area contributed by atoms with Gasteiger partial charge in [-0.25, -0.2) is 0 Å². The highest BCUT2D eigenvalue weighted by molar-refractivity contribution is 5.37. The quantitative estimate of drug-likeness (QED) is 0.611. The molecule has 0 radical (unpaired) electrons. The van der Waals surface area contributed by atoms with Crippen LogP contribution in [0.5, 0.6) is 5.75 Å². The second kappa shape index (κ2) is 3.26. The SMILES string of the molecule is NCC1(O)CCc2ccc(O)cc2C1. The monoisotopic (exact) mass is 193 g/mol. The van der Waals surface area contributed by atoms with Crippen LogP contribution >= 0.6 is 0 Å². The van der Waals surface area contributed by atoms with Crippen LogP contribution in [0.2, 0.25) is 0 Å². The number of nitrogens with two attached hydrogens (primary N) is 1. The fraction of sp³-hybridized carbons (Fsp3) is 0.455. The third-order valence-electron chi connectivity index (χ3n) is 2.95. The fourth-order valence-electron chi connectivity index (χ4n) is 2.01. The maximum atomic E-state index is 10.0. The molecule has 14 heavy (non-hydrogen) atoms. The summed E-state index contributed by atoms with van der Waals surface area (Å²) in [4.78, 5) is 0. The standard InChI is InChI=1S/C11H15NO2/c12-7-11(14)4-3-8-1-2-10(13)5-9(8)6-11/h1-2,5,13-14H,3-4,6-7,12H2. The highest BCUT2D eigenvalue weighted by atomic mass is 16.3. The van der Waals surface area contributed by atoms with E-state index in [9.17, 15) is 10.2 Å². The molecule has 0 amide bonds. The summed E-state index contributed by atoms with van der Waals surface area (Å²) in [7, 11) is 0. The predicted molar refractivity (Wildman–Crippen MR) is 54.1 cm³/mol. The van der Waals surface area contributed by atoms with Crippen molar-refractivity contribution >= 4 is 0 Å². The Balaban J connectivity index is 2.33. The van der Waals surface area contributed by atoms with E-state index in [-0.39, 0.29) is 12.3 Å². The Bertz CT molecular complexity index is 351. The first-order valence-electron chi connectivity index (χ1n) is 4.86. The minimum Gasteiger partial charge on any atom is -0.508 e. The summed E-state index contributed by atoms with van der Waals surface area (Å²) in [5.41, 5.74) is 6.97. The number of hydrogen-bond acceptors (Lipinski definition) is 3. The van der Waals surface area contributed by atoms with Crippen LogP contribution in [0.15, 0.2) is 18.2 Å². The molecule has 1 aromatic rings. The third kappa shape index (κ3) is 1.61. The zero-order chi connectivity index (χ0) is 10.2. The first-order valence-corrected chi connectivity index (χ1v) is 4.86. The normalized spacial score (nSPS) is 25.9. The van der Waals surface area contributed by atoms with Crippen LogP contribution in [0.4, 0.5) is 0 Å². The summed E-state index contributed by atoms with van der Waals surface area (Å²) in [6, 6.07) is 5.32. The molecular weight excluding hydrogens is 178 g/mol. The van der Waals surface area contributed by atoms with Gasteiger partial charge < -0.3 is 15.9 Å². The van der Waals surface area contributed by atoms with Crippen molar-refractivity contribution < 1.29 is 10.2 Å². The van der Waals surface area contributed by atoms with Gasteiger partial charge in [-0.15, -0.1) is 0 Å². The average molecular weight is 193 g/mol. The van der Waals surface area contributed by atoms with Crippen LogP contribution in [0.3, 0.4) is 0 Å². The lowest BCUT2D eigenvalue weighted by atomic mass is 9.80. The van der Waals surface area contributed by atoms with E-state index < -0.39 is 5.60 Å². The van der Waals surface area contributed by atoms with E-state index in [1.807, 2.05) is 6.07 Å². The minimum atomic E-state index is -0.777. The molecule has 0 fully saturated rings. The summed E-state index contributed by atoms with van der Waals surface area (Å²) in [5.74, 6) is 0.255. The first-order chi connectivity index (χ1) is 6.63. The molecule has 0 aromatic heterocycles. The topological polar surface area (TPSA) is 66.5 Å². The number of rotatable bonds is 1. The molecule has 1 aliphatic rings. The van der Waals surface area contributed by atoms with Crippen LogP contribution in [-0.2, 0) is 12.8 Å². The second-order valence-corrected chi connectivity index (χ2v) is 4.06. The molecule has 76 valence electrons. The van der Waals surface area contributed by atoms with Crippen LogP contribution < -0.4 is 5.73 Å². The molecule has 4 N–H and O–H groups in total. The molecule has 0 aliphatic heterocycles. The molecule has 2 rings (SSSR count). The predicted octanol–water partition coefficient (Wildman–Crippen LogP) is 0.571. The lowest BCUT2D eigenvalue weighted by Crippen LogP contribution is -2.42. The van der Waals surface area contributed by atoms with Crippen molar-refractivity contribution in [3.05, 3.63) is 29.3 Å². The number of aromatic hydroxyl groups is 1. The molecule has 1 aromatic carbocycles. The van der Waals surface area contributed by atoms with Crippen molar-refractivity contribution in [3.8, 4) is 5.75 Å². The number of aryl methyl sites for hydroxylation is 1. The van der Waals surface area contributed by atoms with E-state index in [4.69, 9.17) is 5.73 Å². The lowest BCUT2D eigenvalue weighted by molar-refractivity contribution is 0.0353. The molecule has 0 spiro atoms. The van der Waals surface area contributed by atoms with Crippen molar-refractivity contribution in [3.63, 3.8) is 0 Å². The Morgan fingerprint density at radius 2 is 2.14 bits per heavy atom. The van der Waals surface area contributed by atoms with E-state index >= 15 is 0 Å². The molecule has 1 atom stereocenters. The van der Waals surface area contributed by atoms with E-state index in [2.05, 4.69) is 0 Å².